The molecule has 0 radical (unpaired) electrons. The largest absolute Gasteiger partial charge is 0.242 e. The van der Waals surface area contributed by atoms with Crippen LogP contribution >= 0.6 is 23.2 Å². The molecule has 0 atom stereocenters. The van der Waals surface area contributed by atoms with Crippen LogP contribution in [0.5, 0.6) is 0 Å². The number of hydrogen-bond donors (Lipinski definition) is 1. The summed E-state index contributed by atoms with van der Waals surface area (Å²) in [4.78, 5) is -0.0891. The summed E-state index contributed by atoms with van der Waals surface area (Å²) in [6.45, 7) is 0.0332. The van der Waals surface area contributed by atoms with E-state index in [1.807, 2.05) is 0 Å². The minimum absolute atomic E-state index is 0.0271. The Labute approximate surface area is 126 Å². The fraction of sp³-hybridized carbons (Fsp3) is 0.0769. The average molecular weight is 334 g/mol. The molecular formula is C13H10Cl2FNO2S. The van der Waals surface area contributed by atoms with Crippen LogP contribution in [-0.4, -0.2) is 8.42 Å². The van der Waals surface area contributed by atoms with E-state index < -0.39 is 10.0 Å². The molecule has 0 bridgehead atoms. The van der Waals surface area contributed by atoms with Crippen LogP contribution in [0.4, 0.5) is 4.39 Å². The Morgan fingerprint density at radius 2 is 1.70 bits per heavy atom. The summed E-state index contributed by atoms with van der Waals surface area (Å²) in [7, 11) is -3.78. The maximum absolute atomic E-state index is 12.8. The minimum Gasteiger partial charge on any atom is -0.207 e. The standard InChI is InChI=1S/C13H10Cl2FNO2S/c14-11-2-1-3-12(13(11)15)20(18,19)17-8-9-4-6-10(16)7-5-9/h1-7,17H,8H2. The van der Waals surface area contributed by atoms with E-state index in [1.54, 1.807) is 0 Å². The van der Waals surface area contributed by atoms with Gasteiger partial charge in [-0.25, -0.2) is 17.5 Å². The van der Waals surface area contributed by atoms with Gasteiger partial charge in [0.15, 0.2) is 0 Å². The number of hydrogen-bond acceptors (Lipinski definition) is 2. The second-order valence-corrected chi connectivity index (χ2v) is 6.52. The van der Waals surface area contributed by atoms with Gasteiger partial charge in [0.25, 0.3) is 0 Å². The van der Waals surface area contributed by atoms with Crippen molar-refractivity contribution in [1.29, 1.82) is 0 Å². The molecule has 0 aromatic heterocycles. The first-order chi connectivity index (χ1) is 9.40. The van der Waals surface area contributed by atoms with Crippen molar-refractivity contribution in [3.05, 3.63) is 63.9 Å². The van der Waals surface area contributed by atoms with Gasteiger partial charge in [-0.05, 0) is 29.8 Å². The molecule has 0 unspecified atom stereocenters. The summed E-state index contributed by atoms with van der Waals surface area (Å²) >= 11 is 11.7. The lowest BCUT2D eigenvalue weighted by Crippen LogP contribution is -2.23. The molecule has 0 fully saturated rings. The quantitative estimate of drug-likeness (QED) is 0.928. The van der Waals surface area contributed by atoms with E-state index >= 15 is 0 Å². The Hall–Kier alpha value is -1.14. The first-order valence-corrected chi connectivity index (χ1v) is 7.82. The van der Waals surface area contributed by atoms with Gasteiger partial charge in [0.1, 0.15) is 10.7 Å². The summed E-state index contributed by atoms with van der Waals surface area (Å²) in [5.41, 5.74) is 0.633. The molecule has 106 valence electrons. The molecule has 20 heavy (non-hydrogen) atoms. The highest BCUT2D eigenvalue weighted by Crippen LogP contribution is 2.28. The Balaban J connectivity index is 2.19. The normalized spacial score (nSPS) is 11.6. The first kappa shape index (κ1) is 15.3. The summed E-state index contributed by atoms with van der Waals surface area (Å²) in [5, 5.41) is 0.136. The molecule has 0 aliphatic heterocycles. The molecule has 0 saturated heterocycles. The van der Waals surface area contributed by atoms with Gasteiger partial charge in [0.2, 0.25) is 10.0 Å². The molecule has 0 aliphatic rings. The molecule has 7 heteroatoms. The molecule has 0 spiro atoms. The zero-order valence-corrected chi connectivity index (χ0v) is 12.4. The fourth-order valence-corrected chi connectivity index (χ4v) is 3.33. The highest BCUT2D eigenvalue weighted by Gasteiger charge is 2.18. The molecule has 2 rings (SSSR count). The second kappa shape index (κ2) is 6.10. The van der Waals surface area contributed by atoms with Gasteiger partial charge < -0.3 is 0 Å². The van der Waals surface area contributed by atoms with Crippen LogP contribution in [0.25, 0.3) is 0 Å². The number of sulfonamides is 1. The van der Waals surface area contributed by atoms with Gasteiger partial charge in [0.05, 0.1) is 10.0 Å². The highest BCUT2D eigenvalue weighted by atomic mass is 35.5. The predicted molar refractivity (Wildman–Crippen MR) is 76.9 cm³/mol. The van der Waals surface area contributed by atoms with E-state index in [1.165, 1.54) is 42.5 Å². The first-order valence-electron chi connectivity index (χ1n) is 5.58. The number of nitrogens with one attached hydrogen (secondary N) is 1. The summed E-state index contributed by atoms with van der Waals surface area (Å²) < 4.78 is 39.4. The number of benzene rings is 2. The van der Waals surface area contributed by atoms with E-state index in [-0.39, 0.29) is 27.3 Å². The lowest BCUT2D eigenvalue weighted by molar-refractivity contribution is 0.581. The van der Waals surface area contributed by atoms with Crippen LogP contribution in [0, 0.1) is 5.82 Å². The Bertz CT molecular complexity index is 718. The third kappa shape index (κ3) is 3.49. The Morgan fingerprint density at radius 3 is 2.35 bits per heavy atom. The van der Waals surface area contributed by atoms with Crippen LogP contribution in [-0.2, 0) is 16.6 Å². The molecule has 3 nitrogen and oxygen atoms in total. The average Bonchev–Trinajstić information content (AvgIpc) is 2.41. The molecule has 1 N–H and O–H groups in total. The van der Waals surface area contributed by atoms with Crippen molar-refractivity contribution in [1.82, 2.24) is 4.72 Å². The molecule has 2 aromatic carbocycles. The van der Waals surface area contributed by atoms with Crippen LogP contribution < -0.4 is 4.72 Å². The molecule has 0 amide bonds. The monoisotopic (exact) mass is 333 g/mol. The van der Waals surface area contributed by atoms with Gasteiger partial charge in [-0.3, -0.25) is 0 Å². The van der Waals surface area contributed by atoms with E-state index in [0.717, 1.165) is 0 Å². The SMILES string of the molecule is O=S(=O)(NCc1ccc(F)cc1)c1cccc(Cl)c1Cl. The Kier molecular flexibility index (Phi) is 4.65. The Morgan fingerprint density at radius 1 is 1.05 bits per heavy atom. The molecule has 0 heterocycles. The van der Waals surface area contributed by atoms with E-state index in [0.29, 0.717) is 5.56 Å². The second-order valence-electron chi connectivity index (χ2n) is 4.00. The van der Waals surface area contributed by atoms with E-state index in [4.69, 9.17) is 23.2 Å². The minimum atomic E-state index is -3.78. The zero-order chi connectivity index (χ0) is 14.8. The lowest BCUT2D eigenvalue weighted by Gasteiger charge is -2.09. The maximum Gasteiger partial charge on any atom is 0.242 e. The third-order valence-corrected chi connectivity index (χ3v) is 4.96. The summed E-state index contributed by atoms with van der Waals surface area (Å²) in [5.74, 6) is -0.380. The number of rotatable bonds is 4. The van der Waals surface area contributed by atoms with Crippen LogP contribution in [0.2, 0.25) is 10.0 Å². The fourth-order valence-electron chi connectivity index (χ4n) is 1.55. The van der Waals surface area contributed by atoms with Crippen molar-refractivity contribution in [2.45, 2.75) is 11.4 Å². The van der Waals surface area contributed by atoms with Gasteiger partial charge >= 0.3 is 0 Å². The van der Waals surface area contributed by atoms with Crippen molar-refractivity contribution in [3.63, 3.8) is 0 Å². The highest BCUT2D eigenvalue weighted by molar-refractivity contribution is 7.89. The van der Waals surface area contributed by atoms with Crippen LogP contribution in [0.15, 0.2) is 47.4 Å². The van der Waals surface area contributed by atoms with Crippen molar-refractivity contribution in [3.8, 4) is 0 Å². The van der Waals surface area contributed by atoms with Crippen molar-refractivity contribution in [2.75, 3.05) is 0 Å². The van der Waals surface area contributed by atoms with Gasteiger partial charge in [-0.15, -0.1) is 0 Å². The topological polar surface area (TPSA) is 46.2 Å². The van der Waals surface area contributed by atoms with Gasteiger partial charge in [-0.2, -0.15) is 0 Å². The van der Waals surface area contributed by atoms with E-state index in [2.05, 4.69) is 4.72 Å². The van der Waals surface area contributed by atoms with Crippen molar-refractivity contribution in [2.24, 2.45) is 0 Å². The summed E-state index contributed by atoms with van der Waals surface area (Å²) in [6, 6.07) is 9.88. The predicted octanol–water partition coefficient (Wildman–Crippen LogP) is 3.61. The van der Waals surface area contributed by atoms with Crippen molar-refractivity contribution < 1.29 is 12.8 Å². The van der Waals surface area contributed by atoms with Gasteiger partial charge in [0, 0.05) is 6.54 Å². The van der Waals surface area contributed by atoms with Gasteiger partial charge in [-0.1, -0.05) is 41.4 Å². The maximum atomic E-state index is 12.8. The number of halogens is 3. The third-order valence-electron chi connectivity index (χ3n) is 2.59. The zero-order valence-electron chi connectivity index (χ0n) is 10.1. The molecule has 2 aromatic rings. The molecular weight excluding hydrogens is 324 g/mol. The van der Waals surface area contributed by atoms with Crippen LogP contribution in [0.3, 0.4) is 0 Å². The van der Waals surface area contributed by atoms with Crippen LogP contribution in [0.1, 0.15) is 5.56 Å². The lowest BCUT2D eigenvalue weighted by atomic mass is 10.2. The van der Waals surface area contributed by atoms with E-state index in [9.17, 15) is 12.8 Å². The molecule has 0 aliphatic carbocycles. The van der Waals surface area contributed by atoms with Crippen molar-refractivity contribution >= 4 is 33.2 Å². The smallest absolute Gasteiger partial charge is 0.207 e. The summed E-state index contributed by atoms with van der Waals surface area (Å²) in [6.07, 6.45) is 0. The molecule has 0 saturated carbocycles.